The minimum absolute atomic E-state index is 0.213. The van der Waals surface area contributed by atoms with E-state index >= 15 is 0 Å². The van der Waals surface area contributed by atoms with Crippen molar-refractivity contribution in [2.24, 2.45) is 0 Å². The van der Waals surface area contributed by atoms with Crippen molar-refractivity contribution in [2.75, 3.05) is 11.9 Å². The molecule has 7 nitrogen and oxygen atoms in total. The van der Waals surface area contributed by atoms with Crippen molar-refractivity contribution in [1.82, 2.24) is 9.38 Å². The van der Waals surface area contributed by atoms with Gasteiger partial charge in [-0.25, -0.2) is 9.78 Å². The van der Waals surface area contributed by atoms with Crippen molar-refractivity contribution in [3.8, 4) is 0 Å². The molecule has 140 valence electrons. The Labute approximate surface area is 163 Å². The largest absolute Gasteiger partial charge is 0.462 e. The van der Waals surface area contributed by atoms with Gasteiger partial charge in [-0.3, -0.25) is 14.0 Å². The van der Waals surface area contributed by atoms with Gasteiger partial charge in [0.25, 0.3) is 11.5 Å². The minimum atomic E-state index is -0.413. The highest BCUT2D eigenvalue weighted by Gasteiger charge is 2.15. The van der Waals surface area contributed by atoms with Gasteiger partial charge in [-0.05, 0) is 49.4 Å². The average molecular weight is 393 g/mol. The maximum atomic E-state index is 12.6. The van der Waals surface area contributed by atoms with Gasteiger partial charge in [0.15, 0.2) is 0 Å². The smallest absolute Gasteiger partial charge is 0.338 e. The first-order chi connectivity index (χ1) is 13.6. The lowest BCUT2D eigenvalue weighted by molar-refractivity contribution is 0.0526. The maximum Gasteiger partial charge on any atom is 0.338 e. The van der Waals surface area contributed by atoms with Crippen LogP contribution in [0.25, 0.3) is 15.9 Å². The number of aromatic nitrogens is 2. The van der Waals surface area contributed by atoms with Gasteiger partial charge >= 0.3 is 5.97 Å². The summed E-state index contributed by atoms with van der Waals surface area (Å²) in [7, 11) is 0. The SMILES string of the molecule is CCOC(=O)c1ccc(NC(=O)c2cc3c(=O)n4ccccc4nc3s2)cc1. The molecular weight excluding hydrogens is 378 g/mol. The molecule has 4 rings (SSSR count). The van der Waals surface area contributed by atoms with Gasteiger partial charge < -0.3 is 10.1 Å². The normalized spacial score (nSPS) is 10.9. The van der Waals surface area contributed by atoms with Crippen molar-refractivity contribution in [3.05, 3.63) is 75.5 Å². The third-order valence-electron chi connectivity index (χ3n) is 4.09. The van der Waals surface area contributed by atoms with Gasteiger partial charge in [0.2, 0.25) is 0 Å². The topological polar surface area (TPSA) is 89.8 Å². The number of carbonyl (C=O) groups is 2. The first kappa shape index (κ1) is 17.9. The molecule has 0 aliphatic rings. The molecule has 28 heavy (non-hydrogen) atoms. The predicted octanol–water partition coefficient (Wildman–Crippen LogP) is 3.34. The Morgan fingerprint density at radius 1 is 1.18 bits per heavy atom. The highest BCUT2D eigenvalue weighted by molar-refractivity contribution is 7.20. The van der Waals surface area contributed by atoms with E-state index in [2.05, 4.69) is 10.3 Å². The molecule has 0 saturated carbocycles. The van der Waals surface area contributed by atoms with Crippen molar-refractivity contribution in [3.63, 3.8) is 0 Å². The van der Waals surface area contributed by atoms with Gasteiger partial charge in [0, 0.05) is 11.9 Å². The van der Waals surface area contributed by atoms with Crippen molar-refractivity contribution in [2.45, 2.75) is 6.92 Å². The van der Waals surface area contributed by atoms with Crippen molar-refractivity contribution >= 4 is 44.8 Å². The van der Waals surface area contributed by atoms with Crippen LogP contribution in [-0.2, 0) is 4.74 Å². The number of hydrogen-bond acceptors (Lipinski definition) is 6. The number of amides is 1. The van der Waals surface area contributed by atoms with E-state index in [1.807, 2.05) is 0 Å². The highest BCUT2D eigenvalue weighted by Crippen LogP contribution is 2.23. The van der Waals surface area contributed by atoms with E-state index in [9.17, 15) is 14.4 Å². The highest BCUT2D eigenvalue weighted by atomic mass is 32.1. The lowest BCUT2D eigenvalue weighted by Gasteiger charge is -2.05. The zero-order valence-electron chi connectivity index (χ0n) is 14.8. The van der Waals surface area contributed by atoms with E-state index in [0.29, 0.717) is 38.6 Å². The lowest BCUT2D eigenvalue weighted by Crippen LogP contribution is -2.13. The monoisotopic (exact) mass is 393 g/mol. The molecule has 0 bridgehead atoms. The fourth-order valence-corrected chi connectivity index (χ4v) is 3.68. The van der Waals surface area contributed by atoms with Gasteiger partial charge in [-0.1, -0.05) is 6.07 Å². The fourth-order valence-electron chi connectivity index (χ4n) is 2.76. The van der Waals surface area contributed by atoms with Crippen molar-refractivity contribution in [1.29, 1.82) is 0 Å². The van der Waals surface area contributed by atoms with Crippen molar-refractivity contribution < 1.29 is 14.3 Å². The van der Waals surface area contributed by atoms with E-state index in [1.165, 1.54) is 4.40 Å². The molecule has 0 unspecified atom stereocenters. The molecule has 0 aliphatic heterocycles. The molecule has 0 spiro atoms. The second kappa shape index (κ2) is 7.24. The zero-order chi connectivity index (χ0) is 19.7. The van der Waals surface area contributed by atoms with E-state index < -0.39 is 5.97 Å². The summed E-state index contributed by atoms with van der Waals surface area (Å²) in [5.74, 6) is -0.760. The van der Waals surface area contributed by atoms with E-state index in [1.54, 1.807) is 61.7 Å². The van der Waals surface area contributed by atoms with Crippen LogP contribution in [0.4, 0.5) is 5.69 Å². The molecular formula is C20H15N3O4S. The zero-order valence-corrected chi connectivity index (χ0v) is 15.7. The van der Waals surface area contributed by atoms with Gasteiger partial charge in [-0.2, -0.15) is 0 Å². The van der Waals surface area contributed by atoms with Crippen LogP contribution in [0.2, 0.25) is 0 Å². The third kappa shape index (κ3) is 3.25. The number of rotatable bonds is 4. The number of anilines is 1. The molecule has 0 atom stereocenters. The Hall–Kier alpha value is -3.52. The van der Waals surface area contributed by atoms with Crippen LogP contribution in [0, 0.1) is 0 Å². The molecule has 0 fully saturated rings. The Bertz CT molecular complexity index is 1260. The Morgan fingerprint density at radius 2 is 1.96 bits per heavy atom. The summed E-state index contributed by atoms with van der Waals surface area (Å²) in [4.78, 5) is 42.2. The fraction of sp³-hybridized carbons (Fsp3) is 0.100. The summed E-state index contributed by atoms with van der Waals surface area (Å²) >= 11 is 1.16. The van der Waals surface area contributed by atoms with Crippen LogP contribution in [-0.4, -0.2) is 27.9 Å². The summed E-state index contributed by atoms with van der Waals surface area (Å²) in [6, 6.07) is 13.3. The van der Waals surface area contributed by atoms with Crippen LogP contribution < -0.4 is 10.9 Å². The van der Waals surface area contributed by atoms with Crippen LogP contribution in [0.15, 0.2) is 59.5 Å². The second-order valence-corrected chi connectivity index (χ2v) is 6.96. The average Bonchev–Trinajstić information content (AvgIpc) is 3.13. The van der Waals surface area contributed by atoms with Crippen LogP contribution in [0.3, 0.4) is 0 Å². The molecule has 3 heterocycles. The summed E-state index contributed by atoms with van der Waals surface area (Å²) in [5.41, 5.74) is 1.26. The van der Waals surface area contributed by atoms with E-state index in [4.69, 9.17) is 4.74 Å². The summed E-state index contributed by atoms with van der Waals surface area (Å²) in [6.45, 7) is 2.04. The number of esters is 1. The lowest BCUT2D eigenvalue weighted by atomic mass is 10.2. The Kier molecular flexibility index (Phi) is 4.62. The Morgan fingerprint density at radius 3 is 2.71 bits per heavy atom. The maximum absolute atomic E-state index is 12.6. The molecule has 8 heteroatoms. The molecule has 0 saturated heterocycles. The molecule has 3 aromatic heterocycles. The van der Waals surface area contributed by atoms with Gasteiger partial charge in [0.1, 0.15) is 10.5 Å². The van der Waals surface area contributed by atoms with E-state index in [0.717, 1.165) is 11.3 Å². The summed E-state index contributed by atoms with van der Waals surface area (Å²) < 4.78 is 6.38. The molecule has 0 radical (unpaired) electrons. The molecule has 4 aromatic rings. The Balaban J connectivity index is 1.60. The van der Waals surface area contributed by atoms with Gasteiger partial charge in [0.05, 0.1) is 22.4 Å². The van der Waals surface area contributed by atoms with Gasteiger partial charge in [-0.15, -0.1) is 11.3 Å². The number of pyridine rings is 1. The van der Waals surface area contributed by atoms with Crippen LogP contribution in [0.5, 0.6) is 0 Å². The summed E-state index contributed by atoms with van der Waals surface area (Å²) in [5, 5.41) is 3.16. The number of nitrogens with one attached hydrogen (secondary N) is 1. The number of ether oxygens (including phenoxy) is 1. The molecule has 1 amide bonds. The first-order valence-corrected chi connectivity index (χ1v) is 9.38. The first-order valence-electron chi connectivity index (χ1n) is 8.56. The number of thiophene rings is 1. The number of nitrogens with zero attached hydrogens (tertiary/aromatic N) is 2. The van der Waals surface area contributed by atoms with Crippen LogP contribution in [0.1, 0.15) is 27.0 Å². The predicted molar refractivity (Wildman–Crippen MR) is 107 cm³/mol. The standard InChI is InChI=1S/C20H15N3O4S/c1-2-27-20(26)12-6-8-13(9-7-12)21-17(24)15-11-14-18(28-15)22-16-5-3-4-10-23(16)19(14)25/h3-11H,2H2,1H3,(H,21,24). The second-order valence-electron chi connectivity index (χ2n) is 5.93. The number of fused-ring (bicyclic) bond motifs is 2. The van der Waals surface area contributed by atoms with Crippen LogP contribution >= 0.6 is 11.3 Å². The molecule has 1 N–H and O–H groups in total. The number of benzene rings is 1. The third-order valence-corrected chi connectivity index (χ3v) is 5.12. The summed E-state index contributed by atoms with van der Waals surface area (Å²) in [6.07, 6.45) is 1.65. The van der Waals surface area contributed by atoms with E-state index in [-0.39, 0.29) is 11.5 Å². The number of hydrogen-bond donors (Lipinski definition) is 1. The number of carbonyl (C=O) groups excluding carboxylic acids is 2. The molecule has 0 aliphatic carbocycles. The quantitative estimate of drug-likeness (QED) is 0.537. The minimum Gasteiger partial charge on any atom is -0.462 e. The molecule has 1 aromatic carbocycles.